The Hall–Kier alpha value is -3.79. The number of hydrogen-bond acceptors (Lipinski definition) is 5. The largest absolute Gasteiger partial charge is 0.383 e. The molecule has 0 radical (unpaired) electrons. The lowest BCUT2D eigenvalue weighted by Crippen LogP contribution is -2.17. The second kappa shape index (κ2) is 5.60. The molecule has 3 N–H and O–H groups in total. The van der Waals surface area contributed by atoms with Gasteiger partial charge in [-0.25, -0.2) is 9.97 Å². The monoisotopic (exact) mass is 369 g/mol. The molecule has 1 aliphatic rings. The zero-order valence-corrected chi connectivity index (χ0v) is 15.7. The predicted octanol–water partition coefficient (Wildman–Crippen LogP) is 3.62. The normalized spacial score (nSPS) is 13.3. The number of fused-ring (bicyclic) bond motifs is 7. The Morgan fingerprint density at radius 3 is 2.86 bits per heavy atom. The van der Waals surface area contributed by atoms with Crippen molar-refractivity contribution in [1.82, 2.24) is 24.4 Å². The van der Waals surface area contributed by atoms with Gasteiger partial charge in [-0.3, -0.25) is 4.57 Å². The standard InChI is InChI=1S/C21H19N7/c1-11(2)27-17-9-24-12(3)28-15-5-4-13(8-22)6-14(15)7-16(28)18(17)19-20(23)25-10-26-21(19)27/h4-7,10-11,24H,3,9H2,1-2H3,(H2,23,25,26). The lowest BCUT2D eigenvalue weighted by Gasteiger charge is -2.15. The highest BCUT2D eigenvalue weighted by Crippen LogP contribution is 2.42. The van der Waals surface area contributed by atoms with E-state index in [1.165, 1.54) is 6.33 Å². The lowest BCUT2D eigenvalue weighted by molar-refractivity contribution is 0.583. The zero-order valence-electron chi connectivity index (χ0n) is 15.7. The van der Waals surface area contributed by atoms with Gasteiger partial charge >= 0.3 is 0 Å². The molecule has 0 unspecified atom stereocenters. The zero-order chi connectivity index (χ0) is 19.6. The van der Waals surface area contributed by atoms with E-state index >= 15 is 0 Å². The van der Waals surface area contributed by atoms with E-state index in [9.17, 15) is 5.26 Å². The molecule has 4 aromatic rings. The third-order valence-electron chi connectivity index (χ3n) is 5.35. The van der Waals surface area contributed by atoms with Gasteiger partial charge in [-0.05, 0) is 38.1 Å². The lowest BCUT2D eigenvalue weighted by atomic mass is 10.1. The molecule has 0 fully saturated rings. The molecule has 7 heteroatoms. The number of nitriles is 1. The number of rotatable bonds is 1. The highest BCUT2D eigenvalue weighted by atomic mass is 15.2. The van der Waals surface area contributed by atoms with Crippen LogP contribution in [0.3, 0.4) is 0 Å². The van der Waals surface area contributed by atoms with Crippen molar-refractivity contribution in [3.63, 3.8) is 0 Å². The van der Waals surface area contributed by atoms with Gasteiger partial charge in [-0.2, -0.15) is 5.26 Å². The van der Waals surface area contributed by atoms with Crippen molar-refractivity contribution >= 4 is 33.6 Å². The molecule has 0 spiro atoms. The maximum absolute atomic E-state index is 9.27. The minimum atomic E-state index is 0.205. The first kappa shape index (κ1) is 16.4. The van der Waals surface area contributed by atoms with E-state index in [4.69, 9.17) is 5.73 Å². The van der Waals surface area contributed by atoms with Crippen molar-refractivity contribution in [3.05, 3.63) is 48.4 Å². The van der Waals surface area contributed by atoms with Crippen LogP contribution in [0.15, 0.2) is 37.2 Å². The van der Waals surface area contributed by atoms with E-state index in [1.807, 2.05) is 18.2 Å². The number of nitrogens with one attached hydrogen (secondary N) is 1. The van der Waals surface area contributed by atoms with Crippen LogP contribution in [0, 0.1) is 11.3 Å². The Bertz CT molecular complexity index is 1330. The molecule has 0 saturated carbocycles. The molecule has 0 aliphatic carbocycles. The number of hydrogen-bond donors (Lipinski definition) is 2. The van der Waals surface area contributed by atoms with E-state index in [1.54, 1.807) is 0 Å². The molecule has 1 aromatic carbocycles. The van der Waals surface area contributed by atoms with Gasteiger partial charge in [0.05, 0.1) is 34.8 Å². The summed E-state index contributed by atoms with van der Waals surface area (Å²) in [5.74, 6) is 1.24. The highest BCUT2D eigenvalue weighted by Gasteiger charge is 2.28. The molecule has 28 heavy (non-hydrogen) atoms. The van der Waals surface area contributed by atoms with Crippen LogP contribution in [0.5, 0.6) is 0 Å². The first-order chi connectivity index (χ1) is 13.5. The minimum Gasteiger partial charge on any atom is -0.383 e. The molecule has 138 valence electrons. The van der Waals surface area contributed by atoms with Crippen LogP contribution in [0.2, 0.25) is 0 Å². The van der Waals surface area contributed by atoms with Crippen molar-refractivity contribution in [1.29, 1.82) is 5.26 Å². The number of benzene rings is 1. The van der Waals surface area contributed by atoms with Crippen LogP contribution in [0.25, 0.3) is 39.0 Å². The SMILES string of the molecule is C=C1NCc2c(c3c(N)ncnc3n2C(C)C)-c2cc3cc(C#N)ccc3n21. The predicted molar refractivity (Wildman–Crippen MR) is 110 cm³/mol. The second-order valence-corrected chi connectivity index (χ2v) is 7.29. The minimum absolute atomic E-state index is 0.205. The molecule has 4 heterocycles. The van der Waals surface area contributed by atoms with Gasteiger partial charge in [0.1, 0.15) is 23.6 Å². The van der Waals surface area contributed by atoms with Crippen LogP contribution >= 0.6 is 0 Å². The summed E-state index contributed by atoms with van der Waals surface area (Å²) in [6.07, 6.45) is 1.51. The average Bonchev–Trinajstić information content (AvgIpc) is 3.17. The number of nitrogens with two attached hydrogens (primary N) is 1. The van der Waals surface area contributed by atoms with Gasteiger partial charge < -0.3 is 15.6 Å². The molecule has 0 amide bonds. The molecule has 0 bridgehead atoms. The van der Waals surface area contributed by atoms with E-state index in [2.05, 4.69) is 57.0 Å². The van der Waals surface area contributed by atoms with Crippen molar-refractivity contribution < 1.29 is 0 Å². The van der Waals surface area contributed by atoms with Crippen LogP contribution in [-0.2, 0) is 6.54 Å². The molecule has 5 rings (SSSR count). The molecular formula is C21H19N7. The van der Waals surface area contributed by atoms with Gasteiger partial charge in [0.15, 0.2) is 0 Å². The van der Waals surface area contributed by atoms with Crippen molar-refractivity contribution in [2.75, 3.05) is 5.73 Å². The molecule has 3 aromatic heterocycles. The Kier molecular flexibility index (Phi) is 3.28. The third kappa shape index (κ3) is 2.03. The fourth-order valence-corrected chi connectivity index (χ4v) is 4.23. The summed E-state index contributed by atoms with van der Waals surface area (Å²) in [4.78, 5) is 8.79. The second-order valence-electron chi connectivity index (χ2n) is 7.29. The van der Waals surface area contributed by atoms with Gasteiger partial charge in [-0.1, -0.05) is 6.58 Å². The Morgan fingerprint density at radius 1 is 1.29 bits per heavy atom. The molecule has 0 saturated heterocycles. The van der Waals surface area contributed by atoms with Crippen LogP contribution in [0.1, 0.15) is 31.1 Å². The van der Waals surface area contributed by atoms with Crippen LogP contribution in [-0.4, -0.2) is 19.1 Å². The Labute approximate surface area is 161 Å². The fraction of sp³-hybridized carbons (Fsp3) is 0.190. The summed E-state index contributed by atoms with van der Waals surface area (Å²) < 4.78 is 4.29. The summed E-state index contributed by atoms with van der Waals surface area (Å²) >= 11 is 0. The van der Waals surface area contributed by atoms with Gasteiger partial charge in [-0.15, -0.1) is 0 Å². The molecule has 1 aliphatic heterocycles. The summed E-state index contributed by atoms with van der Waals surface area (Å²) in [6.45, 7) is 9.11. The van der Waals surface area contributed by atoms with Crippen molar-refractivity contribution in [3.8, 4) is 17.3 Å². The van der Waals surface area contributed by atoms with E-state index in [-0.39, 0.29) is 6.04 Å². The average molecular weight is 369 g/mol. The van der Waals surface area contributed by atoms with Crippen LogP contribution < -0.4 is 11.1 Å². The summed E-state index contributed by atoms with van der Waals surface area (Å²) in [5.41, 5.74) is 11.8. The molecule has 0 atom stereocenters. The topological polar surface area (TPSA) is 97.5 Å². The summed E-state index contributed by atoms with van der Waals surface area (Å²) in [6, 6.07) is 10.2. The third-order valence-corrected chi connectivity index (χ3v) is 5.35. The first-order valence-corrected chi connectivity index (χ1v) is 9.13. The first-order valence-electron chi connectivity index (χ1n) is 9.13. The van der Waals surface area contributed by atoms with E-state index < -0.39 is 0 Å². The van der Waals surface area contributed by atoms with Crippen molar-refractivity contribution in [2.24, 2.45) is 0 Å². The fourth-order valence-electron chi connectivity index (χ4n) is 4.23. The summed E-state index contributed by atoms with van der Waals surface area (Å²) in [5, 5.41) is 14.5. The Balaban J connectivity index is 1.98. The van der Waals surface area contributed by atoms with E-state index in [0.717, 1.165) is 44.7 Å². The van der Waals surface area contributed by atoms with E-state index in [0.29, 0.717) is 17.9 Å². The quantitative estimate of drug-likeness (QED) is 0.534. The molecular weight excluding hydrogens is 350 g/mol. The summed E-state index contributed by atoms with van der Waals surface area (Å²) in [7, 11) is 0. The highest BCUT2D eigenvalue weighted by molar-refractivity contribution is 6.05. The van der Waals surface area contributed by atoms with Gasteiger partial charge in [0.25, 0.3) is 0 Å². The molecule has 7 nitrogen and oxygen atoms in total. The number of nitrogen functional groups attached to an aromatic ring is 1. The smallest absolute Gasteiger partial charge is 0.146 e. The van der Waals surface area contributed by atoms with Gasteiger partial charge in [0, 0.05) is 22.7 Å². The van der Waals surface area contributed by atoms with Gasteiger partial charge in [0.2, 0.25) is 0 Å². The maximum Gasteiger partial charge on any atom is 0.146 e. The number of aromatic nitrogens is 4. The number of nitrogens with zero attached hydrogens (tertiary/aromatic N) is 5. The maximum atomic E-state index is 9.27. The van der Waals surface area contributed by atoms with Crippen LogP contribution in [0.4, 0.5) is 5.82 Å². The number of anilines is 1. The Morgan fingerprint density at radius 2 is 2.11 bits per heavy atom. The van der Waals surface area contributed by atoms with Crippen molar-refractivity contribution in [2.45, 2.75) is 26.4 Å².